The predicted molar refractivity (Wildman–Crippen MR) is 119 cm³/mol. The van der Waals surface area contributed by atoms with Crippen LogP contribution in [-0.2, 0) is 4.74 Å². The summed E-state index contributed by atoms with van der Waals surface area (Å²) in [5.74, 6) is -0.278. The van der Waals surface area contributed by atoms with Gasteiger partial charge in [-0.15, -0.1) is 0 Å². The normalized spacial score (nSPS) is 11.4. The van der Waals surface area contributed by atoms with Crippen molar-refractivity contribution >= 4 is 33.2 Å². The number of hydrogen-bond donors (Lipinski definition) is 0. The molecule has 0 aliphatic heterocycles. The largest absolute Gasteiger partial charge is 0.462 e. The Labute approximate surface area is 169 Å². The highest BCUT2D eigenvalue weighted by Gasteiger charge is 2.22. The first-order chi connectivity index (χ1) is 14.2. The summed E-state index contributed by atoms with van der Waals surface area (Å²) < 4.78 is 7.58. The molecule has 2 aromatic heterocycles. The number of carbonyl (C=O) groups excluding carboxylic acids is 1. The van der Waals surface area contributed by atoms with Gasteiger partial charge in [0.25, 0.3) is 0 Å². The Balaban J connectivity index is 2.01. The van der Waals surface area contributed by atoms with Crippen LogP contribution in [-0.4, -0.2) is 17.0 Å². The second-order valence-corrected chi connectivity index (χ2v) is 7.23. The molecular weight excluding hydrogens is 358 g/mol. The van der Waals surface area contributed by atoms with E-state index in [1.165, 1.54) is 11.1 Å². The van der Waals surface area contributed by atoms with Crippen molar-refractivity contribution in [3.05, 3.63) is 90.1 Å². The molecule has 0 radical (unpaired) electrons. The van der Waals surface area contributed by atoms with E-state index in [9.17, 15) is 4.79 Å². The number of fused-ring (bicyclic) bond motifs is 5. The fourth-order valence-corrected chi connectivity index (χ4v) is 4.28. The lowest BCUT2D eigenvalue weighted by Gasteiger charge is -2.13. The fraction of sp³-hybridized carbons (Fsp3) is 0.115. The summed E-state index contributed by atoms with van der Waals surface area (Å²) in [6.07, 6.45) is 2.16. The Morgan fingerprint density at radius 3 is 2.24 bits per heavy atom. The van der Waals surface area contributed by atoms with Crippen molar-refractivity contribution in [3.8, 4) is 11.1 Å². The molecule has 3 aromatic carbocycles. The molecular formula is C26H21NO2. The highest BCUT2D eigenvalue weighted by molar-refractivity contribution is 6.19. The fourth-order valence-electron chi connectivity index (χ4n) is 4.28. The van der Waals surface area contributed by atoms with Crippen molar-refractivity contribution < 1.29 is 9.53 Å². The summed E-state index contributed by atoms with van der Waals surface area (Å²) in [4.78, 5) is 13.0. The van der Waals surface area contributed by atoms with Crippen molar-refractivity contribution in [1.29, 1.82) is 0 Å². The molecule has 0 atom stereocenters. The lowest BCUT2D eigenvalue weighted by molar-refractivity contribution is 0.0531. The first-order valence-corrected chi connectivity index (χ1v) is 9.88. The van der Waals surface area contributed by atoms with Gasteiger partial charge >= 0.3 is 5.97 Å². The van der Waals surface area contributed by atoms with Crippen LogP contribution in [0.3, 0.4) is 0 Å². The number of carbonyl (C=O) groups is 1. The number of para-hydroxylation sites is 1. The van der Waals surface area contributed by atoms with Crippen LogP contribution in [0.4, 0.5) is 0 Å². The molecule has 0 bridgehead atoms. The van der Waals surface area contributed by atoms with Gasteiger partial charge < -0.3 is 9.14 Å². The number of pyridine rings is 1. The molecule has 142 valence electrons. The minimum absolute atomic E-state index is 0.278. The second-order valence-electron chi connectivity index (χ2n) is 7.23. The Bertz CT molecular complexity index is 1390. The first kappa shape index (κ1) is 17.5. The minimum Gasteiger partial charge on any atom is -0.462 e. The molecule has 3 nitrogen and oxygen atoms in total. The highest BCUT2D eigenvalue weighted by Crippen LogP contribution is 2.38. The third-order valence-electron chi connectivity index (χ3n) is 5.56. The molecule has 0 aliphatic carbocycles. The van der Waals surface area contributed by atoms with E-state index < -0.39 is 0 Å². The Hall–Kier alpha value is -3.59. The zero-order valence-corrected chi connectivity index (χ0v) is 16.5. The van der Waals surface area contributed by atoms with Crippen LogP contribution in [0, 0.1) is 6.92 Å². The summed E-state index contributed by atoms with van der Waals surface area (Å²) in [6, 6.07) is 24.7. The monoisotopic (exact) mass is 379 g/mol. The first-order valence-electron chi connectivity index (χ1n) is 9.88. The van der Waals surface area contributed by atoms with Gasteiger partial charge in [0.2, 0.25) is 0 Å². The van der Waals surface area contributed by atoms with Crippen LogP contribution >= 0.6 is 0 Å². The maximum absolute atomic E-state index is 13.0. The van der Waals surface area contributed by atoms with Crippen LogP contribution in [0.2, 0.25) is 0 Å². The number of rotatable bonds is 3. The SMILES string of the molecule is CCOC(=O)c1c2ccccc2n2cc(-c3ccccc3C)c3ccccc3c12. The molecule has 2 heterocycles. The smallest absolute Gasteiger partial charge is 0.340 e. The van der Waals surface area contributed by atoms with E-state index in [1.807, 2.05) is 37.3 Å². The van der Waals surface area contributed by atoms with Crippen LogP contribution in [0.25, 0.3) is 38.3 Å². The maximum atomic E-state index is 13.0. The molecule has 0 N–H and O–H groups in total. The molecule has 5 rings (SSSR count). The van der Waals surface area contributed by atoms with Gasteiger partial charge in [0.1, 0.15) is 0 Å². The van der Waals surface area contributed by atoms with Crippen molar-refractivity contribution in [2.45, 2.75) is 13.8 Å². The average molecular weight is 379 g/mol. The molecule has 0 saturated carbocycles. The summed E-state index contributed by atoms with van der Waals surface area (Å²) >= 11 is 0. The lowest BCUT2D eigenvalue weighted by atomic mass is 9.96. The molecule has 0 spiro atoms. The van der Waals surface area contributed by atoms with E-state index in [4.69, 9.17) is 4.74 Å². The predicted octanol–water partition coefficient (Wildman–Crippen LogP) is 6.40. The van der Waals surface area contributed by atoms with Gasteiger partial charge in [-0.1, -0.05) is 66.7 Å². The molecule has 3 heteroatoms. The van der Waals surface area contributed by atoms with Gasteiger partial charge in [0, 0.05) is 22.5 Å². The summed E-state index contributed by atoms with van der Waals surface area (Å²) in [7, 11) is 0. The van der Waals surface area contributed by atoms with Crippen molar-refractivity contribution in [2.24, 2.45) is 0 Å². The maximum Gasteiger partial charge on any atom is 0.340 e. The molecule has 0 unspecified atom stereocenters. The average Bonchev–Trinajstić information content (AvgIpc) is 3.09. The Kier molecular flexibility index (Phi) is 4.09. The lowest BCUT2D eigenvalue weighted by Crippen LogP contribution is -2.05. The van der Waals surface area contributed by atoms with Gasteiger partial charge in [-0.2, -0.15) is 0 Å². The Morgan fingerprint density at radius 2 is 1.48 bits per heavy atom. The van der Waals surface area contributed by atoms with Crippen molar-refractivity contribution in [2.75, 3.05) is 6.61 Å². The number of hydrogen-bond acceptors (Lipinski definition) is 2. The summed E-state index contributed by atoms with van der Waals surface area (Å²) in [6.45, 7) is 4.32. The van der Waals surface area contributed by atoms with E-state index in [-0.39, 0.29) is 5.97 Å². The summed E-state index contributed by atoms with van der Waals surface area (Å²) in [5, 5.41) is 3.09. The van der Waals surface area contributed by atoms with Crippen molar-refractivity contribution in [3.63, 3.8) is 0 Å². The van der Waals surface area contributed by atoms with Crippen LogP contribution in [0.1, 0.15) is 22.8 Å². The molecule has 0 aliphatic rings. The van der Waals surface area contributed by atoms with E-state index in [1.54, 1.807) is 0 Å². The highest BCUT2D eigenvalue weighted by atomic mass is 16.5. The van der Waals surface area contributed by atoms with Crippen molar-refractivity contribution in [1.82, 2.24) is 4.40 Å². The van der Waals surface area contributed by atoms with Gasteiger partial charge in [0.15, 0.2) is 0 Å². The van der Waals surface area contributed by atoms with Gasteiger partial charge in [-0.05, 0) is 36.4 Å². The molecule has 0 fully saturated rings. The standard InChI is InChI=1S/C26H21NO2/c1-3-29-26(28)24-21-14-8-9-15-23(21)27-16-22(18-11-5-4-10-17(18)2)19-12-6-7-13-20(19)25(24)27/h4-16H,3H2,1-2H3. The molecule has 0 saturated heterocycles. The second kappa shape index (κ2) is 6.78. The number of aromatic nitrogens is 1. The van der Waals surface area contributed by atoms with E-state index in [0.717, 1.165) is 32.8 Å². The minimum atomic E-state index is -0.278. The quantitative estimate of drug-likeness (QED) is 0.340. The number of benzene rings is 3. The molecule has 29 heavy (non-hydrogen) atoms. The van der Waals surface area contributed by atoms with Crippen LogP contribution < -0.4 is 0 Å². The van der Waals surface area contributed by atoms with Crippen LogP contribution in [0.15, 0.2) is 79.0 Å². The number of ether oxygens (including phenoxy) is 1. The van der Waals surface area contributed by atoms with E-state index in [2.05, 4.69) is 60.0 Å². The van der Waals surface area contributed by atoms with Gasteiger partial charge in [-0.25, -0.2) is 4.79 Å². The van der Waals surface area contributed by atoms with Gasteiger partial charge in [0.05, 0.1) is 23.2 Å². The zero-order valence-electron chi connectivity index (χ0n) is 16.5. The number of esters is 1. The van der Waals surface area contributed by atoms with Gasteiger partial charge in [-0.3, -0.25) is 0 Å². The number of aryl methyl sites for hydroxylation is 1. The van der Waals surface area contributed by atoms with Crippen LogP contribution in [0.5, 0.6) is 0 Å². The molecule has 0 amide bonds. The third kappa shape index (κ3) is 2.62. The topological polar surface area (TPSA) is 30.7 Å². The third-order valence-corrected chi connectivity index (χ3v) is 5.56. The molecule has 5 aromatic rings. The summed E-state index contributed by atoms with van der Waals surface area (Å²) in [5.41, 5.74) is 6.11. The van der Waals surface area contributed by atoms with E-state index in [0.29, 0.717) is 12.2 Å². The number of nitrogens with zero attached hydrogens (tertiary/aromatic N) is 1. The Morgan fingerprint density at radius 1 is 0.828 bits per heavy atom. The van der Waals surface area contributed by atoms with E-state index >= 15 is 0 Å². The zero-order chi connectivity index (χ0) is 20.0.